The van der Waals surface area contributed by atoms with Crippen molar-refractivity contribution in [2.75, 3.05) is 56.0 Å². The Hall–Kier alpha value is -3.28. The molecule has 1 aliphatic heterocycles. The van der Waals surface area contributed by atoms with Crippen molar-refractivity contribution >= 4 is 23.2 Å². The van der Waals surface area contributed by atoms with Crippen LogP contribution in [0.5, 0.6) is 0 Å². The van der Waals surface area contributed by atoms with E-state index in [-0.39, 0.29) is 37.0 Å². The molecule has 1 N–H and O–H groups in total. The number of nitriles is 1. The van der Waals surface area contributed by atoms with Crippen LogP contribution in [0.2, 0.25) is 0 Å². The van der Waals surface area contributed by atoms with Crippen LogP contribution in [-0.4, -0.2) is 67.4 Å². The molecule has 7 nitrogen and oxygen atoms in total. The summed E-state index contributed by atoms with van der Waals surface area (Å²) >= 11 is 0. The lowest BCUT2D eigenvalue weighted by molar-refractivity contribution is -0.121. The molecule has 1 heterocycles. The van der Waals surface area contributed by atoms with Gasteiger partial charge in [0.2, 0.25) is 11.8 Å². The normalized spacial score (nSPS) is 14.5. The standard InChI is InChI=1S/C24H28FN5O2/c1-19-7-9-20(10-8-19)27-23(31)17-28-13-15-29(16-14-28)18-24(32)30(12-4-11-26)22-6-3-2-5-21(22)25/h2-3,5-10H,4,12-18H2,1H3,(H,27,31). The van der Waals surface area contributed by atoms with Crippen LogP contribution in [0, 0.1) is 24.1 Å². The number of anilines is 2. The largest absolute Gasteiger partial charge is 0.325 e. The van der Waals surface area contributed by atoms with Crippen molar-refractivity contribution in [3.63, 3.8) is 0 Å². The first-order chi connectivity index (χ1) is 15.5. The maximum Gasteiger partial charge on any atom is 0.241 e. The number of carbonyl (C=O) groups is 2. The van der Waals surface area contributed by atoms with Crippen LogP contribution in [0.15, 0.2) is 48.5 Å². The van der Waals surface area contributed by atoms with Gasteiger partial charge in [-0.3, -0.25) is 19.4 Å². The van der Waals surface area contributed by atoms with Crippen LogP contribution < -0.4 is 10.2 Å². The summed E-state index contributed by atoms with van der Waals surface area (Å²) in [4.78, 5) is 30.6. The average Bonchev–Trinajstić information content (AvgIpc) is 2.78. The minimum atomic E-state index is -0.483. The lowest BCUT2D eigenvalue weighted by Gasteiger charge is -2.35. The molecule has 32 heavy (non-hydrogen) atoms. The Kier molecular flexibility index (Phi) is 8.31. The molecule has 1 fully saturated rings. The van der Waals surface area contributed by atoms with Crippen LogP contribution in [0.25, 0.3) is 0 Å². The van der Waals surface area contributed by atoms with Crippen molar-refractivity contribution in [2.45, 2.75) is 13.3 Å². The third-order valence-corrected chi connectivity index (χ3v) is 5.42. The lowest BCUT2D eigenvalue weighted by atomic mass is 10.2. The zero-order valence-electron chi connectivity index (χ0n) is 18.3. The molecule has 0 spiro atoms. The van der Waals surface area contributed by atoms with Crippen LogP contribution in [0.3, 0.4) is 0 Å². The third kappa shape index (κ3) is 6.61. The summed E-state index contributed by atoms with van der Waals surface area (Å²) in [5, 5.41) is 11.8. The number of benzene rings is 2. The fourth-order valence-electron chi connectivity index (χ4n) is 3.63. The molecule has 1 saturated heterocycles. The van der Waals surface area contributed by atoms with Crippen molar-refractivity contribution in [1.29, 1.82) is 5.26 Å². The Bertz CT molecular complexity index is 965. The summed E-state index contributed by atoms with van der Waals surface area (Å²) in [5.41, 5.74) is 2.10. The molecule has 2 aromatic rings. The Labute approximate surface area is 188 Å². The van der Waals surface area contributed by atoms with Gasteiger partial charge < -0.3 is 10.2 Å². The van der Waals surface area contributed by atoms with Gasteiger partial charge in [0.25, 0.3) is 0 Å². The molecule has 0 aromatic heterocycles. The molecular formula is C24H28FN5O2. The highest BCUT2D eigenvalue weighted by Gasteiger charge is 2.24. The Morgan fingerprint density at radius 3 is 2.28 bits per heavy atom. The minimum absolute atomic E-state index is 0.0689. The monoisotopic (exact) mass is 437 g/mol. The Morgan fingerprint density at radius 1 is 1.03 bits per heavy atom. The molecule has 0 bridgehead atoms. The van der Waals surface area contributed by atoms with Crippen molar-refractivity contribution < 1.29 is 14.0 Å². The number of halogens is 1. The summed E-state index contributed by atoms with van der Waals surface area (Å²) in [6, 6.07) is 15.8. The lowest BCUT2D eigenvalue weighted by Crippen LogP contribution is -2.51. The molecule has 0 unspecified atom stereocenters. The van der Waals surface area contributed by atoms with Gasteiger partial charge in [0.05, 0.1) is 31.3 Å². The van der Waals surface area contributed by atoms with E-state index in [9.17, 15) is 14.0 Å². The quantitative estimate of drug-likeness (QED) is 0.687. The molecule has 2 aromatic carbocycles. The fraction of sp³-hybridized carbons (Fsp3) is 0.375. The van der Waals surface area contributed by atoms with Crippen molar-refractivity contribution in [3.05, 3.63) is 59.9 Å². The SMILES string of the molecule is Cc1ccc(NC(=O)CN2CCN(CC(=O)N(CCC#N)c3ccccc3F)CC2)cc1. The predicted octanol–water partition coefficient (Wildman–Crippen LogP) is 2.64. The van der Waals surface area contributed by atoms with Crippen LogP contribution in [0.4, 0.5) is 15.8 Å². The van der Waals surface area contributed by atoms with E-state index in [0.29, 0.717) is 32.7 Å². The second kappa shape index (κ2) is 11.4. The number of rotatable bonds is 8. The highest BCUT2D eigenvalue weighted by atomic mass is 19.1. The molecule has 0 saturated carbocycles. The fourth-order valence-corrected chi connectivity index (χ4v) is 3.63. The van der Waals surface area contributed by atoms with E-state index in [0.717, 1.165) is 11.3 Å². The summed E-state index contributed by atoms with van der Waals surface area (Å²) in [6.07, 6.45) is 0.129. The van der Waals surface area contributed by atoms with Gasteiger partial charge in [-0.15, -0.1) is 0 Å². The molecule has 8 heteroatoms. The van der Waals surface area contributed by atoms with E-state index >= 15 is 0 Å². The average molecular weight is 438 g/mol. The number of amides is 2. The maximum absolute atomic E-state index is 14.2. The van der Waals surface area contributed by atoms with Crippen LogP contribution in [-0.2, 0) is 9.59 Å². The number of hydrogen-bond donors (Lipinski definition) is 1. The second-order valence-electron chi connectivity index (χ2n) is 7.87. The van der Waals surface area contributed by atoms with E-state index in [2.05, 4.69) is 10.2 Å². The van der Waals surface area contributed by atoms with Gasteiger partial charge in [0, 0.05) is 38.4 Å². The van der Waals surface area contributed by atoms with Crippen molar-refractivity contribution in [2.24, 2.45) is 0 Å². The van der Waals surface area contributed by atoms with Gasteiger partial charge in [0.15, 0.2) is 0 Å². The zero-order chi connectivity index (χ0) is 22.9. The first-order valence-electron chi connectivity index (χ1n) is 10.7. The van der Waals surface area contributed by atoms with Gasteiger partial charge in [-0.05, 0) is 31.2 Å². The molecule has 0 aliphatic carbocycles. The first kappa shape index (κ1) is 23.4. The minimum Gasteiger partial charge on any atom is -0.325 e. The summed E-state index contributed by atoms with van der Waals surface area (Å²) in [5.74, 6) is -0.792. The summed E-state index contributed by atoms with van der Waals surface area (Å²) < 4.78 is 14.2. The highest BCUT2D eigenvalue weighted by Crippen LogP contribution is 2.19. The van der Waals surface area contributed by atoms with Gasteiger partial charge in [-0.2, -0.15) is 5.26 Å². The first-order valence-corrected chi connectivity index (χ1v) is 10.7. The Morgan fingerprint density at radius 2 is 1.66 bits per heavy atom. The number of carbonyl (C=O) groups excluding carboxylic acids is 2. The summed E-state index contributed by atoms with van der Waals surface area (Å²) in [7, 11) is 0. The number of nitrogens with one attached hydrogen (secondary N) is 1. The number of piperazine rings is 1. The van der Waals surface area contributed by atoms with Gasteiger partial charge in [0.1, 0.15) is 5.82 Å². The smallest absolute Gasteiger partial charge is 0.241 e. The zero-order valence-corrected chi connectivity index (χ0v) is 18.3. The third-order valence-electron chi connectivity index (χ3n) is 5.42. The second-order valence-corrected chi connectivity index (χ2v) is 7.87. The molecule has 168 valence electrons. The van der Waals surface area contributed by atoms with Crippen molar-refractivity contribution in [3.8, 4) is 6.07 Å². The van der Waals surface area contributed by atoms with E-state index in [1.807, 2.05) is 42.2 Å². The van der Waals surface area contributed by atoms with Gasteiger partial charge >= 0.3 is 0 Å². The Balaban J connectivity index is 1.49. The number of hydrogen-bond acceptors (Lipinski definition) is 5. The molecule has 1 aliphatic rings. The summed E-state index contributed by atoms with van der Waals surface area (Å²) in [6.45, 7) is 5.16. The van der Waals surface area contributed by atoms with E-state index in [1.165, 1.54) is 11.0 Å². The van der Waals surface area contributed by atoms with E-state index < -0.39 is 5.82 Å². The molecule has 0 radical (unpaired) electrons. The number of aryl methyl sites for hydroxylation is 1. The van der Waals surface area contributed by atoms with Crippen LogP contribution in [0.1, 0.15) is 12.0 Å². The van der Waals surface area contributed by atoms with Crippen molar-refractivity contribution in [1.82, 2.24) is 9.80 Å². The molecule has 3 rings (SSSR count). The van der Waals surface area contributed by atoms with Gasteiger partial charge in [-0.25, -0.2) is 4.39 Å². The van der Waals surface area contributed by atoms with E-state index in [4.69, 9.17) is 5.26 Å². The number of nitrogens with zero attached hydrogens (tertiary/aromatic N) is 4. The molecular weight excluding hydrogens is 409 g/mol. The molecule has 0 atom stereocenters. The van der Waals surface area contributed by atoms with Gasteiger partial charge in [-0.1, -0.05) is 29.8 Å². The number of para-hydroxylation sites is 1. The highest BCUT2D eigenvalue weighted by molar-refractivity contribution is 5.95. The van der Waals surface area contributed by atoms with E-state index in [1.54, 1.807) is 18.2 Å². The predicted molar refractivity (Wildman–Crippen MR) is 122 cm³/mol. The maximum atomic E-state index is 14.2. The topological polar surface area (TPSA) is 79.7 Å². The van der Waals surface area contributed by atoms with Crippen LogP contribution >= 0.6 is 0 Å². The molecule has 2 amide bonds.